The molecule has 0 bridgehead atoms. The van der Waals surface area contributed by atoms with E-state index in [1.165, 1.54) is 6.08 Å². The van der Waals surface area contributed by atoms with Gasteiger partial charge in [-0.15, -0.1) is 0 Å². The van der Waals surface area contributed by atoms with Crippen molar-refractivity contribution in [2.75, 3.05) is 0 Å². The zero-order chi connectivity index (χ0) is 15.8. The zero-order valence-corrected chi connectivity index (χ0v) is 12.8. The van der Waals surface area contributed by atoms with E-state index < -0.39 is 5.97 Å². The average Bonchev–Trinajstić information content (AvgIpc) is 2.43. The van der Waals surface area contributed by atoms with Gasteiger partial charge in [0.1, 0.15) is 0 Å². The third-order valence-corrected chi connectivity index (χ3v) is 3.31. The normalized spacial score (nSPS) is 12.3. The summed E-state index contributed by atoms with van der Waals surface area (Å²) in [6.07, 6.45) is 5.81. The van der Waals surface area contributed by atoms with Gasteiger partial charge >= 0.3 is 5.97 Å². The molecule has 0 spiro atoms. The summed E-state index contributed by atoms with van der Waals surface area (Å²) in [6.45, 7) is 5.99. The molecule has 0 aliphatic heterocycles. The number of aryl methyl sites for hydroxylation is 1. The molecule has 1 aromatic carbocycles. The first-order chi connectivity index (χ1) is 9.93. The number of carboxylic acid groups (broad SMARTS) is 1. The lowest BCUT2D eigenvalue weighted by molar-refractivity contribution is -0.131. The quantitative estimate of drug-likeness (QED) is 0.756. The maximum absolute atomic E-state index is 12.1. The lowest BCUT2D eigenvalue weighted by Gasteiger charge is -2.14. The van der Waals surface area contributed by atoms with Crippen LogP contribution < -0.4 is 5.32 Å². The van der Waals surface area contributed by atoms with Gasteiger partial charge < -0.3 is 10.4 Å². The van der Waals surface area contributed by atoms with Gasteiger partial charge in [0.2, 0.25) is 0 Å². The third kappa shape index (κ3) is 5.81. The van der Waals surface area contributed by atoms with Crippen molar-refractivity contribution in [3.8, 4) is 0 Å². The molecule has 114 valence electrons. The number of carboxylic acids is 1. The van der Waals surface area contributed by atoms with Gasteiger partial charge in [-0.25, -0.2) is 4.79 Å². The summed E-state index contributed by atoms with van der Waals surface area (Å²) in [6, 6.07) is 5.42. The van der Waals surface area contributed by atoms with Crippen LogP contribution in [0.2, 0.25) is 0 Å². The maximum atomic E-state index is 12.1. The van der Waals surface area contributed by atoms with Gasteiger partial charge in [0.15, 0.2) is 0 Å². The fourth-order valence-corrected chi connectivity index (χ4v) is 2.05. The first-order valence-corrected chi connectivity index (χ1v) is 7.26. The Morgan fingerprint density at radius 3 is 2.67 bits per heavy atom. The molecule has 21 heavy (non-hydrogen) atoms. The molecule has 0 radical (unpaired) electrons. The molecular weight excluding hydrogens is 266 g/mol. The van der Waals surface area contributed by atoms with Crippen molar-refractivity contribution in [1.29, 1.82) is 0 Å². The number of unbranched alkanes of at least 4 members (excludes halogenated alkanes) is 1. The Bertz CT molecular complexity index is 535. The van der Waals surface area contributed by atoms with Crippen molar-refractivity contribution >= 4 is 18.0 Å². The van der Waals surface area contributed by atoms with Crippen molar-refractivity contribution in [2.24, 2.45) is 0 Å². The highest BCUT2D eigenvalue weighted by molar-refractivity contribution is 5.95. The summed E-state index contributed by atoms with van der Waals surface area (Å²) < 4.78 is 0. The van der Waals surface area contributed by atoms with E-state index >= 15 is 0 Å². The van der Waals surface area contributed by atoms with E-state index in [1.807, 2.05) is 13.8 Å². The number of rotatable bonds is 7. The Labute approximate surface area is 125 Å². The smallest absolute Gasteiger partial charge is 0.328 e. The Kier molecular flexibility index (Phi) is 6.66. The fraction of sp³-hybridized carbons (Fsp3) is 0.412. The highest BCUT2D eigenvalue weighted by atomic mass is 16.4. The second-order valence-electron chi connectivity index (χ2n) is 5.26. The minimum absolute atomic E-state index is 0.0875. The van der Waals surface area contributed by atoms with E-state index in [1.54, 1.807) is 18.2 Å². The van der Waals surface area contributed by atoms with E-state index in [0.29, 0.717) is 5.56 Å². The van der Waals surface area contributed by atoms with Crippen LogP contribution >= 0.6 is 0 Å². The van der Waals surface area contributed by atoms with Crippen LogP contribution in [0.4, 0.5) is 0 Å². The molecule has 0 aliphatic carbocycles. The Morgan fingerprint density at radius 1 is 1.38 bits per heavy atom. The van der Waals surface area contributed by atoms with Crippen LogP contribution in [0.25, 0.3) is 6.08 Å². The largest absolute Gasteiger partial charge is 0.478 e. The lowest BCUT2D eigenvalue weighted by Crippen LogP contribution is -2.32. The number of carbonyl (C=O) groups is 2. The van der Waals surface area contributed by atoms with Gasteiger partial charge in [-0.3, -0.25) is 4.79 Å². The number of benzene rings is 1. The molecule has 1 unspecified atom stereocenters. The number of nitrogens with one attached hydrogen (secondary N) is 1. The summed E-state index contributed by atoms with van der Waals surface area (Å²) >= 11 is 0. The predicted molar refractivity (Wildman–Crippen MR) is 84.3 cm³/mol. The number of carbonyl (C=O) groups excluding carboxylic acids is 1. The molecule has 0 aromatic heterocycles. The van der Waals surface area contributed by atoms with Crippen molar-refractivity contribution in [3.63, 3.8) is 0 Å². The van der Waals surface area contributed by atoms with Crippen molar-refractivity contribution < 1.29 is 14.7 Å². The minimum Gasteiger partial charge on any atom is -0.478 e. The number of amides is 1. The molecule has 1 atom stereocenters. The molecular formula is C17H23NO3. The second kappa shape index (κ2) is 8.25. The zero-order valence-electron chi connectivity index (χ0n) is 12.8. The average molecular weight is 289 g/mol. The second-order valence-corrected chi connectivity index (χ2v) is 5.26. The Morgan fingerprint density at radius 2 is 2.10 bits per heavy atom. The van der Waals surface area contributed by atoms with Crippen LogP contribution in [-0.2, 0) is 4.79 Å². The van der Waals surface area contributed by atoms with Crippen LogP contribution in [0.1, 0.15) is 54.6 Å². The summed E-state index contributed by atoms with van der Waals surface area (Å²) in [5.74, 6) is -1.07. The van der Waals surface area contributed by atoms with Crippen LogP contribution in [0.5, 0.6) is 0 Å². The first-order valence-electron chi connectivity index (χ1n) is 7.26. The molecule has 1 rings (SSSR count). The summed E-state index contributed by atoms with van der Waals surface area (Å²) in [4.78, 5) is 22.6. The van der Waals surface area contributed by atoms with E-state index in [9.17, 15) is 9.59 Å². The molecule has 0 saturated carbocycles. The summed E-state index contributed by atoms with van der Waals surface area (Å²) in [7, 11) is 0. The third-order valence-electron chi connectivity index (χ3n) is 3.31. The first kappa shape index (κ1) is 17.0. The fourth-order valence-electron chi connectivity index (χ4n) is 2.05. The van der Waals surface area contributed by atoms with Gasteiger partial charge in [-0.2, -0.15) is 0 Å². The molecule has 4 nitrogen and oxygen atoms in total. The van der Waals surface area contributed by atoms with E-state index in [4.69, 9.17) is 5.11 Å². The van der Waals surface area contributed by atoms with E-state index in [2.05, 4.69) is 12.2 Å². The van der Waals surface area contributed by atoms with Gasteiger partial charge in [-0.05, 0) is 49.6 Å². The number of aliphatic carboxylic acids is 1. The van der Waals surface area contributed by atoms with E-state index in [0.717, 1.165) is 36.5 Å². The van der Waals surface area contributed by atoms with Crippen LogP contribution in [0.15, 0.2) is 24.3 Å². The maximum Gasteiger partial charge on any atom is 0.328 e. The summed E-state index contributed by atoms with van der Waals surface area (Å²) in [5, 5.41) is 11.6. The summed E-state index contributed by atoms with van der Waals surface area (Å²) in [5.41, 5.74) is 2.28. The standard InChI is InChI=1S/C17H23NO3/c1-4-5-6-13(3)18-17(21)15-8-7-14(12(2)11-15)9-10-16(19)20/h7-11,13H,4-6H2,1-3H3,(H,18,21)(H,19,20)/b10-9+. The van der Waals surface area contributed by atoms with Crippen molar-refractivity contribution in [1.82, 2.24) is 5.32 Å². The lowest BCUT2D eigenvalue weighted by atomic mass is 10.0. The SMILES string of the molecule is CCCCC(C)NC(=O)c1ccc(/C=C/C(=O)O)c(C)c1. The van der Waals surface area contributed by atoms with Gasteiger partial charge in [-0.1, -0.05) is 25.8 Å². The molecule has 0 aliphatic rings. The number of hydrogen-bond donors (Lipinski definition) is 2. The topological polar surface area (TPSA) is 66.4 Å². The Balaban J connectivity index is 2.74. The van der Waals surface area contributed by atoms with Gasteiger partial charge in [0.25, 0.3) is 5.91 Å². The van der Waals surface area contributed by atoms with Gasteiger partial charge in [0.05, 0.1) is 0 Å². The van der Waals surface area contributed by atoms with Crippen LogP contribution in [0, 0.1) is 6.92 Å². The molecule has 1 aromatic rings. The molecule has 0 saturated heterocycles. The highest BCUT2D eigenvalue weighted by Crippen LogP contribution is 2.13. The molecule has 1 amide bonds. The molecule has 0 fully saturated rings. The monoisotopic (exact) mass is 289 g/mol. The van der Waals surface area contributed by atoms with Crippen molar-refractivity contribution in [3.05, 3.63) is 41.0 Å². The molecule has 0 heterocycles. The molecule has 4 heteroatoms. The minimum atomic E-state index is -0.985. The number of hydrogen-bond acceptors (Lipinski definition) is 2. The highest BCUT2D eigenvalue weighted by Gasteiger charge is 2.10. The predicted octanol–water partition coefficient (Wildman–Crippen LogP) is 3.40. The van der Waals surface area contributed by atoms with Gasteiger partial charge in [0, 0.05) is 17.7 Å². The van der Waals surface area contributed by atoms with Crippen LogP contribution in [0.3, 0.4) is 0 Å². The van der Waals surface area contributed by atoms with Crippen LogP contribution in [-0.4, -0.2) is 23.0 Å². The molecule has 2 N–H and O–H groups in total. The van der Waals surface area contributed by atoms with E-state index in [-0.39, 0.29) is 11.9 Å². The van der Waals surface area contributed by atoms with Crippen molar-refractivity contribution in [2.45, 2.75) is 46.1 Å². The Hall–Kier alpha value is -2.10.